The third-order valence-electron chi connectivity index (χ3n) is 3.22. The summed E-state index contributed by atoms with van der Waals surface area (Å²) < 4.78 is 0. The lowest BCUT2D eigenvalue weighted by Crippen LogP contribution is -2.31. The summed E-state index contributed by atoms with van der Waals surface area (Å²) >= 11 is 0. The highest BCUT2D eigenvalue weighted by atomic mass is 16.3. The topological polar surface area (TPSA) is 20.2 Å². The van der Waals surface area contributed by atoms with Crippen LogP contribution in [-0.4, -0.2) is 11.7 Å². The molecule has 0 aromatic heterocycles. The minimum absolute atomic E-state index is 0.119. The van der Waals surface area contributed by atoms with Gasteiger partial charge in [-0.15, -0.1) is 0 Å². The second-order valence-electron chi connectivity index (χ2n) is 4.22. The largest absolute Gasteiger partial charge is 0.396 e. The zero-order valence-corrected chi connectivity index (χ0v) is 8.39. The Morgan fingerprint density at radius 1 is 1.33 bits per heavy atom. The van der Waals surface area contributed by atoms with E-state index in [0.29, 0.717) is 5.92 Å². The summed E-state index contributed by atoms with van der Waals surface area (Å²) in [6, 6.07) is 0. The molecule has 1 aliphatic rings. The average Bonchev–Trinajstić information content (AvgIpc) is 1.98. The first-order valence-corrected chi connectivity index (χ1v) is 4.46. The number of rotatable bonds is 1. The lowest BCUT2D eigenvalue weighted by atomic mass is 9.68. The van der Waals surface area contributed by atoms with E-state index in [9.17, 15) is 5.11 Å². The van der Waals surface area contributed by atoms with Crippen LogP contribution in [0.4, 0.5) is 0 Å². The van der Waals surface area contributed by atoms with E-state index in [1.807, 2.05) is 0 Å². The Hall–Kier alpha value is -0.560. The van der Waals surface area contributed by atoms with Crippen molar-refractivity contribution in [2.75, 3.05) is 6.61 Å². The van der Waals surface area contributed by atoms with Crippen LogP contribution in [-0.2, 0) is 0 Å². The van der Waals surface area contributed by atoms with Crippen LogP contribution in [0.15, 0.2) is 23.3 Å². The second-order valence-corrected chi connectivity index (χ2v) is 4.22. The molecule has 1 heteroatoms. The number of aliphatic hydroxyl groups excluding tert-OH is 1. The highest BCUT2D eigenvalue weighted by Gasteiger charge is 2.33. The molecule has 0 amide bonds. The molecule has 0 aromatic carbocycles. The van der Waals surface area contributed by atoms with Gasteiger partial charge in [-0.25, -0.2) is 0 Å². The summed E-state index contributed by atoms with van der Waals surface area (Å²) in [6.07, 6.45) is 4.27. The molecule has 0 unspecified atom stereocenters. The van der Waals surface area contributed by atoms with Crippen LogP contribution in [0.1, 0.15) is 27.7 Å². The number of hydrogen-bond acceptors (Lipinski definition) is 1. The minimum Gasteiger partial charge on any atom is -0.396 e. The Balaban J connectivity index is 3.02. The van der Waals surface area contributed by atoms with Crippen molar-refractivity contribution in [2.45, 2.75) is 27.7 Å². The van der Waals surface area contributed by atoms with Crippen LogP contribution >= 0.6 is 0 Å². The molecule has 0 bridgehead atoms. The van der Waals surface area contributed by atoms with Gasteiger partial charge in [0.05, 0.1) is 6.61 Å². The van der Waals surface area contributed by atoms with Crippen LogP contribution in [0, 0.1) is 11.3 Å². The van der Waals surface area contributed by atoms with E-state index in [4.69, 9.17) is 0 Å². The van der Waals surface area contributed by atoms with Gasteiger partial charge in [0.1, 0.15) is 0 Å². The fourth-order valence-corrected chi connectivity index (χ4v) is 1.80. The Bertz CT molecular complexity index is 233. The normalized spacial score (nSPS) is 27.9. The van der Waals surface area contributed by atoms with Crippen molar-refractivity contribution < 1.29 is 5.11 Å². The van der Waals surface area contributed by atoms with Crippen LogP contribution in [0.25, 0.3) is 0 Å². The van der Waals surface area contributed by atoms with Gasteiger partial charge in [0.15, 0.2) is 0 Å². The Morgan fingerprint density at radius 2 is 1.92 bits per heavy atom. The fraction of sp³-hybridized carbons (Fsp3) is 0.636. The Morgan fingerprint density at radius 3 is 2.33 bits per heavy atom. The summed E-state index contributed by atoms with van der Waals surface area (Å²) in [6.45, 7) is 8.85. The first kappa shape index (κ1) is 9.53. The molecule has 68 valence electrons. The number of allylic oxidation sites excluding steroid dienone is 3. The van der Waals surface area contributed by atoms with Gasteiger partial charge >= 0.3 is 0 Å². The summed E-state index contributed by atoms with van der Waals surface area (Å²) in [7, 11) is 0. The van der Waals surface area contributed by atoms with Gasteiger partial charge in [-0.05, 0) is 19.3 Å². The zero-order chi connectivity index (χ0) is 9.35. The molecule has 0 radical (unpaired) electrons. The molecule has 1 rings (SSSR count). The van der Waals surface area contributed by atoms with E-state index >= 15 is 0 Å². The third kappa shape index (κ3) is 1.34. The van der Waals surface area contributed by atoms with Gasteiger partial charge in [0.2, 0.25) is 0 Å². The highest BCUT2D eigenvalue weighted by Crippen LogP contribution is 2.41. The number of hydrogen-bond donors (Lipinski definition) is 1. The lowest BCUT2D eigenvalue weighted by molar-refractivity contribution is 0.167. The Kier molecular flexibility index (Phi) is 2.43. The predicted octanol–water partition coefficient (Wildman–Crippen LogP) is 2.53. The van der Waals surface area contributed by atoms with E-state index in [2.05, 4.69) is 39.8 Å². The molecule has 0 heterocycles. The summed E-state index contributed by atoms with van der Waals surface area (Å²) in [5.74, 6) is 0.294. The van der Waals surface area contributed by atoms with Crippen LogP contribution in [0.3, 0.4) is 0 Å². The quantitative estimate of drug-likeness (QED) is 0.634. The van der Waals surface area contributed by atoms with Gasteiger partial charge < -0.3 is 5.11 Å². The van der Waals surface area contributed by atoms with E-state index < -0.39 is 0 Å². The van der Waals surface area contributed by atoms with Crippen LogP contribution in [0.2, 0.25) is 0 Å². The maximum atomic E-state index is 9.25. The molecule has 0 aromatic rings. The van der Waals surface area contributed by atoms with E-state index in [1.165, 1.54) is 11.1 Å². The van der Waals surface area contributed by atoms with E-state index in [-0.39, 0.29) is 12.0 Å². The molecule has 12 heavy (non-hydrogen) atoms. The SMILES string of the molecule is CC1=CC=C(C)C(C)(C)[C@@H]1CO. The molecular formula is C11H18O. The van der Waals surface area contributed by atoms with Gasteiger partial charge in [0.25, 0.3) is 0 Å². The molecule has 0 saturated carbocycles. The van der Waals surface area contributed by atoms with Gasteiger partial charge in [-0.2, -0.15) is 0 Å². The van der Waals surface area contributed by atoms with Crippen LogP contribution in [0.5, 0.6) is 0 Å². The average molecular weight is 166 g/mol. The van der Waals surface area contributed by atoms with Gasteiger partial charge in [-0.1, -0.05) is 37.1 Å². The maximum Gasteiger partial charge on any atom is 0.0504 e. The maximum absolute atomic E-state index is 9.25. The molecule has 1 atom stereocenters. The van der Waals surface area contributed by atoms with Crippen molar-refractivity contribution in [2.24, 2.45) is 11.3 Å². The lowest BCUT2D eigenvalue weighted by Gasteiger charge is -2.37. The fourth-order valence-electron chi connectivity index (χ4n) is 1.80. The van der Waals surface area contributed by atoms with E-state index in [0.717, 1.165) is 0 Å². The summed E-state index contributed by atoms with van der Waals surface area (Å²) in [5.41, 5.74) is 2.76. The monoisotopic (exact) mass is 166 g/mol. The molecule has 0 fully saturated rings. The smallest absolute Gasteiger partial charge is 0.0504 e. The van der Waals surface area contributed by atoms with Crippen molar-refractivity contribution in [3.8, 4) is 0 Å². The van der Waals surface area contributed by atoms with Gasteiger partial charge in [0, 0.05) is 5.92 Å². The first-order valence-electron chi connectivity index (χ1n) is 4.46. The van der Waals surface area contributed by atoms with Gasteiger partial charge in [-0.3, -0.25) is 0 Å². The van der Waals surface area contributed by atoms with Crippen molar-refractivity contribution in [1.82, 2.24) is 0 Å². The highest BCUT2D eigenvalue weighted by molar-refractivity contribution is 5.30. The van der Waals surface area contributed by atoms with Crippen molar-refractivity contribution in [3.05, 3.63) is 23.3 Å². The molecule has 0 saturated heterocycles. The van der Waals surface area contributed by atoms with Crippen molar-refractivity contribution in [3.63, 3.8) is 0 Å². The molecular weight excluding hydrogens is 148 g/mol. The Labute approximate surface area is 74.8 Å². The molecule has 1 aliphatic carbocycles. The molecule has 0 aliphatic heterocycles. The minimum atomic E-state index is 0.119. The zero-order valence-electron chi connectivity index (χ0n) is 8.39. The predicted molar refractivity (Wildman–Crippen MR) is 51.9 cm³/mol. The summed E-state index contributed by atoms with van der Waals surface area (Å²) in [5, 5.41) is 9.25. The van der Waals surface area contributed by atoms with Crippen LogP contribution < -0.4 is 0 Å². The molecule has 0 spiro atoms. The second kappa shape index (κ2) is 3.06. The molecule has 1 nitrogen and oxygen atoms in total. The summed E-state index contributed by atoms with van der Waals surface area (Å²) in [4.78, 5) is 0. The number of aliphatic hydroxyl groups is 1. The van der Waals surface area contributed by atoms with E-state index in [1.54, 1.807) is 0 Å². The van der Waals surface area contributed by atoms with Crippen molar-refractivity contribution >= 4 is 0 Å². The molecule has 1 N–H and O–H groups in total. The van der Waals surface area contributed by atoms with Crippen molar-refractivity contribution in [1.29, 1.82) is 0 Å². The third-order valence-corrected chi connectivity index (χ3v) is 3.22. The first-order chi connectivity index (χ1) is 5.50. The standard InChI is InChI=1S/C11H18O/c1-8-5-6-9(2)11(3,4)10(8)7-12/h5-6,10,12H,7H2,1-4H3/t10-/m1/s1.